The standard InChI is InChI=1S/C27H43N3O4S/c1-4-13-29(25-7-5-22-6-8-26(34-2)19-24(22)18-25)20-21-9-14-28(15-10-21)27(31)23-11-16-30(17-12-23)35(3,32)33/h6,8,19,21,23,25H,4-5,7,9-18,20H2,1-3H3. The first-order valence-electron chi connectivity index (χ1n) is 13.4. The van der Waals surface area contributed by atoms with E-state index in [-0.39, 0.29) is 11.8 Å². The highest BCUT2D eigenvalue weighted by Gasteiger charge is 2.34. The van der Waals surface area contributed by atoms with Crippen LogP contribution < -0.4 is 4.74 Å². The molecule has 1 aromatic rings. The fraction of sp³-hybridized carbons (Fsp3) is 0.741. The van der Waals surface area contributed by atoms with Crippen molar-refractivity contribution in [3.05, 3.63) is 29.3 Å². The van der Waals surface area contributed by atoms with Gasteiger partial charge in [0.15, 0.2) is 0 Å². The molecule has 1 unspecified atom stereocenters. The Hall–Kier alpha value is -1.64. The molecule has 4 rings (SSSR count). The second kappa shape index (κ2) is 11.6. The van der Waals surface area contributed by atoms with E-state index in [1.807, 2.05) is 4.90 Å². The summed E-state index contributed by atoms with van der Waals surface area (Å²) in [4.78, 5) is 17.9. The first-order chi connectivity index (χ1) is 16.8. The molecule has 0 aromatic heterocycles. The molecule has 7 nitrogen and oxygen atoms in total. The fourth-order valence-electron chi connectivity index (χ4n) is 6.22. The number of fused-ring (bicyclic) bond motifs is 1. The van der Waals surface area contributed by atoms with E-state index in [1.54, 1.807) is 7.11 Å². The number of nitrogens with zero attached hydrogens (tertiary/aromatic N) is 3. The fourth-order valence-corrected chi connectivity index (χ4v) is 7.10. The Morgan fingerprint density at radius 3 is 2.40 bits per heavy atom. The summed E-state index contributed by atoms with van der Waals surface area (Å²) < 4.78 is 30.5. The Labute approximate surface area is 211 Å². The molecule has 1 aliphatic carbocycles. The van der Waals surface area contributed by atoms with Gasteiger partial charge in [0, 0.05) is 44.7 Å². The van der Waals surface area contributed by atoms with Crippen LogP contribution >= 0.6 is 0 Å². The molecule has 2 heterocycles. The summed E-state index contributed by atoms with van der Waals surface area (Å²) in [5.74, 6) is 1.79. The van der Waals surface area contributed by atoms with Gasteiger partial charge in [0.1, 0.15) is 5.75 Å². The maximum absolute atomic E-state index is 13.1. The molecule has 0 N–H and O–H groups in total. The van der Waals surface area contributed by atoms with Crippen LogP contribution in [-0.2, 0) is 27.7 Å². The summed E-state index contributed by atoms with van der Waals surface area (Å²) in [5, 5.41) is 0. The number of piperidine rings is 2. The van der Waals surface area contributed by atoms with E-state index in [0.29, 0.717) is 37.9 Å². The van der Waals surface area contributed by atoms with Gasteiger partial charge in [-0.15, -0.1) is 0 Å². The Balaban J connectivity index is 1.28. The molecule has 196 valence electrons. The predicted octanol–water partition coefficient (Wildman–Crippen LogP) is 3.17. The normalized spacial score (nSPS) is 22.9. The number of methoxy groups -OCH3 is 1. The summed E-state index contributed by atoms with van der Waals surface area (Å²) in [5.41, 5.74) is 2.90. The number of hydrogen-bond donors (Lipinski definition) is 0. The minimum atomic E-state index is -3.16. The van der Waals surface area contributed by atoms with Crippen molar-refractivity contribution in [2.75, 3.05) is 52.6 Å². The quantitative estimate of drug-likeness (QED) is 0.543. The molecule has 0 spiro atoms. The van der Waals surface area contributed by atoms with Gasteiger partial charge in [-0.1, -0.05) is 13.0 Å². The number of sulfonamides is 1. The van der Waals surface area contributed by atoms with Crippen molar-refractivity contribution in [1.29, 1.82) is 0 Å². The highest BCUT2D eigenvalue weighted by atomic mass is 32.2. The van der Waals surface area contributed by atoms with Crippen LogP contribution in [0.15, 0.2) is 18.2 Å². The Morgan fingerprint density at radius 2 is 1.77 bits per heavy atom. The lowest BCUT2D eigenvalue weighted by Crippen LogP contribution is -2.48. The maximum atomic E-state index is 13.1. The third-order valence-electron chi connectivity index (χ3n) is 8.33. The molecule has 3 aliphatic rings. The molecule has 1 aromatic carbocycles. The van der Waals surface area contributed by atoms with Crippen LogP contribution in [0.3, 0.4) is 0 Å². The molecule has 2 aliphatic heterocycles. The monoisotopic (exact) mass is 505 g/mol. The van der Waals surface area contributed by atoms with Crippen molar-refractivity contribution < 1.29 is 17.9 Å². The van der Waals surface area contributed by atoms with E-state index >= 15 is 0 Å². The summed E-state index contributed by atoms with van der Waals surface area (Å²) in [6.07, 6.45) is 9.26. The molecule has 1 atom stereocenters. The highest BCUT2D eigenvalue weighted by molar-refractivity contribution is 7.88. The Morgan fingerprint density at radius 1 is 1.06 bits per heavy atom. The summed E-state index contributed by atoms with van der Waals surface area (Å²) in [6.45, 7) is 7.11. The highest BCUT2D eigenvalue weighted by Crippen LogP contribution is 2.30. The van der Waals surface area contributed by atoms with Gasteiger partial charge in [-0.3, -0.25) is 9.69 Å². The van der Waals surface area contributed by atoms with E-state index in [9.17, 15) is 13.2 Å². The average Bonchev–Trinajstić information content (AvgIpc) is 2.87. The predicted molar refractivity (Wildman–Crippen MR) is 139 cm³/mol. The van der Waals surface area contributed by atoms with Crippen molar-refractivity contribution in [1.82, 2.24) is 14.1 Å². The zero-order valence-corrected chi connectivity index (χ0v) is 22.6. The Kier molecular flexibility index (Phi) is 8.76. The van der Waals surface area contributed by atoms with Crippen molar-refractivity contribution in [3.8, 4) is 5.75 Å². The van der Waals surface area contributed by atoms with E-state index in [4.69, 9.17) is 4.74 Å². The number of hydrogen-bond acceptors (Lipinski definition) is 5. The van der Waals surface area contributed by atoms with Crippen LogP contribution in [0.1, 0.15) is 56.6 Å². The molecular formula is C27H43N3O4S. The minimum absolute atomic E-state index is 0.0274. The molecule has 0 bridgehead atoms. The van der Waals surface area contributed by atoms with Gasteiger partial charge in [0.2, 0.25) is 15.9 Å². The Bertz CT molecular complexity index is 967. The number of rotatable bonds is 8. The first kappa shape index (κ1) is 26.4. The van der Waals surface area contributed by atoms with Crippen LogP contribution in [0.5, 0.6) is 5.75 Å². The minimum Gasteiger partial charge on any atom is -0.497 e. The molecule has 0 saturated carbocycles. The average molecular weight is 506 g/mol. The van der Waals surface area contributed by atoms with E-state index in [2.05, 4.69) is 30.0 Å². The molecule has 0 radical (unpaired) electrons. The van der Waals surface area contributed by atoms with Crippen LogP contribution in [0, 0.1) is 11.8 Å². The number of aryl methyl sites for hydroxylation is 1. The van der Waals surface area contributed by atoms with E-state index in [1.165, 1.54) is 28.1 Å². The van der Waals surface area contributed by atoms with Gasteiger partial charge in [-0.2, -0.15) is 0 Å². The van der Waals surface area contributed by atoms with E-state index in [0.717, 1.165) is 64.0 Å². The lowest BCUT2D eigenvalue weighted by atomic mass is 9.86. The summed E-state index contributed by atoms with van der Waals surface area (Å²) in [6, 6.07) is 7.10. The van der Waals surface area contributed by atoms with Crippen LogP contribution in [0.4, 0.5) is 0 Å². The van der Waals surface area contributed by atoms with Gasteiger partial charge in [0.25, 0.3) is 0 Å². The van der Waals surface area contributed by atoms with Crippen molar-refractivity contribution >= 4 is 15.9 Å². The number of likely N-dealkylation sites (tertiary alicyclic amines) is 1. The summed E-state index contributed by atoms with van der Waals surface area (Å²) >= 11 is 0. The smallest absolute Gasteiger partial charge is 0.225 e. The number of benzene rings is 1. The number of carbonyl (C=O) groups is 1. The number of carbonyl (C=O) groups excluding carboxylic acids is 1. The molecule has 8 heteroatoms. The lowest BCUT2D eigenvalue weighted by Gasteiger charge is -2.40. The first-order valence-corrected chi connectivity index (χ1v) is 15.3. The number of ether oxygens (including phenoxy) is 1. The summed E-state index contributed by atoms with van der Waals surface area (Å²) in [7, 11) is -1.42. The van der Waals surface area contributed by atoms with E-state index < -0.39 is 10.0 Å². The second-order valence-electron chi connectivity index (χ2n) is 10.7. The zero-order valence-electron chi connectivity index (χ0n) is 21.7. The van der Waals surface area contributed by atoms with Crippen molar-refractivity contribution in [2.45, 2.75) is 64.3 Å². The molecular weight excluding hydrogens is 462 g/mol. The number of amides is 1. The molecule has 2 fully saturated rings. The third kappa shape index (κ3) is 6.57. The van der Waals surface area contributed by atoms with Gasteiger partial charge in [-0.05, 0) is 87.1 Å². The topological polar surface area (TPSA) is 70.2 Å². The SMILES string of the molecule is CCCN(CC1CCN(C(=O)C2CCN(S(C)(=O)=O)CC2)CC1)C1CCc2ccc(OC)cc2C1. The molecule has 2 saturated heterocycles. The third-order valence-corrected chi connectivity index (χ3v) is 9.64. The van der Waals surface area contributed by atoms with Crippen LogP contribution in [0.25, 0.3) is 0 Å². The van der Waals surface area contributed by atoms with Crippen molar-refractivity contribution in [3.63, 3.8) is 0 Å². The van der Waals surface area contributed by atoms with Crippen LogP contribution in [0.2, 0.25) is 0 Å². The maximum Gasteiger partial charge on any atom is 0.225 e. The molecule has 1 amide bonds. The van der Waals surface area contributed by atoms with Crippen LogP contribution in [-0.4, -0.2) is 87.1 Å². The van der Waals surface area contributed by atoms with Crippen molar-refractivity contribution in [2.24, 2.45) is 11.8 Å². The lowest BCUT2D eigenvalue weighted by molar-refractivity contribution is -0.138. The van der Waals surface area contributed by atoms with Gasteiger partial charge in [0.05, 0.1) is 13.4 Å². The van der Waals surface area contributed by atoms with Gasteiger partial charge in [-0.25, -0.2) is 12.7 Å². The molecule has 35 heavy (non-hydrogen) atoms. The largest absolute Gasteiger partial charge is 0.497 e. The second-order valence-corrected chi connectivity index (χ2v) is 12.7. The zero-order chi connectivity index (χ0) is 25.0. The van der Waals surface area contributed by atoms with Gasteiger partial charge >= 0.3 is 0 Å². The van der Waals surface area contributed by atoms with Gasteiger partial charge < -0.3 is 9.64 Å².